The molecule has 15 heavy (non-hydrogen) atoms. The number of hydrogen-bond acceptors (Lipinski definition) is 1. The first kappa shape index (κ1) is 12.4. The Labute approximate surface area is 97.4 Å². The summed E-state index contributed by atoms with van der Waals surface area (Å²) in [5.74, 6) is 2.04. The van der Waals surface area contributed by atoms with Gasteiger partial charge in [-0.25, -0.2) is 0 Å². The normalized spacial score (nSPS) is 12.5. The third kappa shape index (κ3) is 3.13. The van der Waals surface area contributed by atoms with E-state index in [0.29, 0.717) is 18.4 Å². The average molecular weight is 227 g/mol. The van der Waals surface area contributed by atoms with Gasteiger partial charge in [0.25, 0.3) is 0 Å². The summed E-state index contributed by atoms with van der Waals surface area (Å²) in [6.07, 6.45) is 1.00. The molecule has 1 aromatic rings. The summed E-state index contributed by atoms with van der Waals surface area (Å²) in [6.45, 7) is 7.00. The molecule has 0 aromatic heterocycles. The van der Waals surface area contributed by atoms with Crippen molar-refractivity contribution in [1.29, 1.82) is 0 Å². The Morgan fingerprint density at radius 3 is 2.60 bits per heavy atom. The number of hydrogen-bond donors (Lipinski definition) is 0. The minimum Gasteiger partial charge on any atom is -0.494 e. The standard InChI is InChI=1S/C13H19ClO/c1-4-11-6-7-12(10(3)9-14)8-13(11)15-5-2/h6-8,10H,4-5,9H2,1-3H3. The van der Waals surface area contributed by atoms with Gasteiger partial charge < -0.3 is 4.74 Å². The molecule has 2 heteroatoms. The molecule has 0 spiro atoms. The van der Waals surface area contributed by atoms with Gasteiger partial charge in [0, 0.05) is 5.88 Å². The van der Waals surface area contributed by atoms with Gasteiger partial charge >= 0.3 is 0 Å². The van der Waals surface area contributed by atoms with Crippen molar-refractivity contribution < 1.29 is 4.74 Å². The lowest BCUT2D eigenvalue weighted by atomic mass is 10.00. The Bertz CT molecular complexity index is 309. The van der Waals surface area contributed by atoms with Gasteiger partial charge in [0.1, 0.15) is 5.75 Å². The minimum absolute atomic E-state index is 0.386. The molecule has 1 aromatic carbocycles. The van der Waals surface area contributed by atoms with Gasteiger partial charge in [-0.05, 0) is 36.5 Å². The van der Waals surface area contributed by atoms with Crippen molar-refractivity contribution in [2.24, 2.45) is 0 Å². The van der Waals surface area contributed by atoms with E-state index in [2.05, 4.69) is 32.0 Å². The molecule has 1 rings (SSSR count). The maximum Gasteiger partial charge on any atom is 0.122 e. The average Bonchev–Trinajstić information content (AvgIpc) is 2.28. The minimum atomic E-state index is 0.386. The molecule has 0 radical (unpaired) electrons. The van der Waals surface area contributed by atoms with Gasteiger partial charge in [0.15, 0.2) is 0 Å². The van der Waals surface area contributed by atoms with Crippen LogP contribution in [0.25, 0.3) is 0 Å². The zero-order chi connectivity index (χ0) is 11.3. The van der Waals surface area contributed by atoms with Crippen LogP contribution < -0.4 is 4.74 Å². The smallest absolute Gasteiger partial charge is 0.122 e. The Morgan fingerprint density at radius 1 is 1.33 bits per heavy atom. The molecule has 0 saturated heterocycles. The molecule has 0 N–H and O–H groups in total. The van der Waals surface area contributed by atoms with Crippen molar-refractivity contribution in [3.05, 3.63) is 29.3 Å². The van der Waals surface area contributed by atoms with Crippen LogP contribution in [-0.2, 0) is 6.42 Å². The maximum absolute atomic E-state index is 5.85. The van der Waals surface area contributed by atoms with Gasteiger partial charge in [-0.1, -0.05) is 26.0 Å². The van der Waals surface area contributed by atoms with Crippen LogP contribution in [0.2, 0.25) is 0 Å². The van der Waals surface area contributed by atoms with Gasteiger partial charge in [0.2, 0.25) is 0 Å². The fourth-order valence-corrected chi connectivity index (χ4v) is 1.73. The zero-order valence-electron chi connectivity index (χ0n) is 9.72. The van der Waals surface area contributed by atoms with Crippen molar-refractivity contribution in [1.82, 2.24) is 0 Å². The molecule has 1 nitrogen and oxygen atoms in total. The van der Waals surface area contributed by atoms with Crippen LogP contribution in [0.1, 0.15) is 37.8 Å². The van der Waals surface area contributed by atoms with Crippen LogP contribution in [-0.4, -0.2) is 12.5 Å². The van der Waals surface area contributed by atoms with Crippen LogP contribution in [0.15, 0.2) is 18.2 Å². The molecule has 84 valence electrons. The molecule has 0 amide bonds. The van der Waals surface area contributed by atoms with Crippen molar-refractivity contribution in [3.8, 4) is 5.75 Å². The van der Waals surface area contributed by atoms with Gasteiger partial charge in [-0.2, -0.15) is 0 Å². The second-order valence-corrected chi connectivity index (χ2v) is 4.02. The Kier molecular flexibility index (Phi) is 4.97. The van der Waals surface area contributed by atoms with E-state index >= 15 is 0 Å². The monoisotopic (exact) mass is 226 g/mol. The van der Waals surface area contributed by atoms with E-state index < -0.39 is 0 Å². The first-order valence-corrected chi connectivity index (χ1v) is 6.07. The Morgan fingerprint density at radius 2 is 2.07 bits per heavy atom. The molecule has 0 aliphatic heterocycles. The van der Waals surface area contributed by atoms with Crippen LogP contribution >= 0.6 is 11.6 Å². The predicted octanol–water partition coefficient (Wildman–Crippen LogP) is 3.99. The van der Waals surface area contributed by atoms with E-state index in [9.17, 15) is 0 Å². The molecule has 0 aliphatic rings. The third-order valence-electron chi connectivity index (χ3n) is 2.57. The van der Waals surface area contributed by atoms with Gasteiger partial charge in [-0.3, -0.25) is 0 Å². The first-order valence-electron chi connectivity index (χ1n) is 5.54. The van der Waals surface area contributed by atoms with Gasteiger partial charge in [0.05, 0.1) is 6.61 Å². The lowest BCUT2D eigenvalue weighted by molar-refractivity contribution is 0.336. The fraction of sp³-hybridized carbons (Fsp3) is 0.538. The highest BCUT2D eigenvalue weighted by molar-refractivity contribution is 6.18. The van der Waals surface area contributed by atoms with E-state index in [1.807, 2.05) is 6.92 Å². The summed E-state index contributed by atoms with van der Waals surface area (Å²) < 4.78 is 5.62. The Hall–Kier alpha value is -0.690. The van der Waals surface area contributed by atoms with Crippen LogP contribution in [0, 0.1) is 0 Å². The van der Waals surface area contributed by atoms with E-state index in [4.69, 9.17) is 16.3 Å². The lowest BCUT2D eigenvalue weighted by Crippen LogP contribution is -2.00. The number of rotatable bonds is 5. The lowest BCUT2D eigenvalue weighted by Gasteiger charge is -2.13. The highest BCUT2D eigenvalue weighted by Gasteiger charge is 2.08. The molecular formula is C13H19ClO. The van der Waals surface area contributed by atoms with E-state index in [1.165, 1.54) is 11.1 Å². The zero-order valence-corrected chi connectivity index (χ0v) is 10.5. The highest BCUT2D eigenvalue weighted by Crippen LogP contribution is 2.26. The fourth-order valence-electron chi connectivity index (χ4n) is 1.55. The number of benzene rings is 1. The maximum atomic E-state index is 5.85. The van der Waals surface area contributed by atoms with Crippen LogP contribution in [0.4, 0.5) is 0 Å². The molecule has 0 fully saturated rings. The number of aryl methyl sites for hydroxylation is 1. The van der Waals surface area contributed by atoms with E-state index in [-0.39, 0.29) is 0 Å². The first-order chi connectivity index (χ1) is 7.22. The van der Waals surface area contributed by atoms with Crippen molar-refractivity contribution in [3.63, 3.8) is 0 Å². The van der Waals surface area contributed by atoms with Gasteiger partial charge in [-0.15, -0.1) is 11.6 Å². The summed E-state index contributed by atoms with van der Waals surface area (Å²) >= 11 is 5.85. The molecule has 1 unspecified atom stereocenters. The predicted molar refractivity (Wildman–Crippen MR) is 66.1 cm³/mol. The molecule has 0 heterocycles. The van der Waals surface area contributed by atoms with E-state index in [0.717, 1.165) is 12.2 Å². The Balaban J connectivity index is 2.98. The van der Waals surface area contributed by atoms with Crippen molar-refractivity contribution >= 4 is 11.6 Å². The number of halogens is 1. The second kappa shape index (κ2) is 6.02. The topological polar surface area (TPSA) is 9.23 Å². The molecule has 0 aliphatic carbocycles. The second-order valence-electron chi connectivity index (χ2n) is 3.71. The molecule has 1 atom stereocenters. The molecule has 0 saturated carbocycles. The third-order valence-corrected chi connectivity index (χ3v) is 3.04. The summed E-state index contributed by atoms with van der Waals surface area (Å²) in [5, 5.41) is 0. The molecular weight excluding hydrogens is 208 g/mol. The largest absolute Gasteiger partial charge is 0.494 e. The number of alkyl halides is 1. The van der Waals surface area contributed by atoms with Crippen molar-refractivity contribution in [2.45, 2.75) is 33.1 Å². The quantitative estimate of drug-likeness (QED) is 0.690. The summed E-state index contributed by atoms with van der Waals surface area (Å²) in [7, 11) is 0. The molecule has 0 bridgehead atoms. The summed E-state index contributed by atoms with van der Waals surface area (Å²) in [4.78, 5) is 0. The van der Waals surface area contributed by atoms with Crippen LogP contribution in [0.3, 0.4) is 0 Å². The summed E-state index contributed by atoms with van der Waals surface area (Å²) in [6, 6.07) is 6.41. The highest BCUT2D eigenvalue weighted by atomic mass is 35.5. The SMILES string of the molecule is CCOc1cc(C(C)CCl)ccc1CC. The number of ether oxygens (including phenoxy) is 1. The summed E-state index contributed by atoms with van der Waals surface area (Å²) in [5.41, 5.74) is 2.52. The van der Waals surface area contributed by atoms with Crippen molar-refractivity contribution in [2.75, 3.05) is 12.5 Å². The van der Waals surface area contributed by atoms with Crippen LogP contribution in [0.5, 0.6) is 5.75 Å². The van der Waals surface area contributed by atoms with E-state index in [1.54, 1.807) is 0 Å².